The van der Waals surface area contributed by atoms with Gasteiger partial charge < -0.3 is 19.7 Å². The Morgan fingerprint density at radius 3 is 2.67 bits per heavy atom. The summed E-state index contributed by atoms with van der Waals surface area (Å²) < 4.78 is 6.27. The van der Waals surface area contributed by atoms with E-state index in [-0.39, 0.29) is 17.1 Å². The molecule has 7 rings (SSSR count). The molecular weight excluding hydrogens is 452 g/mol. The number of carboxylic acid groups (broad SMARTS) is 1. The van der Waals surface area contributed by atoms with Crippen molar-refractivity contribution >= 4 is 27.9 Å². The van der Waals surface area contributed by atoms with Crippen molar-refractivity contribution in [3.63, 3.8) is 0 Å². The van der Waals surface area contributed by atoms with Crippen molar-refractivity contribution in [2.24, 2.45) is 23.2 Å². The Morgan fingerprint density at radius 1 is 1.03 bits per heavy atom. The van der Waals surface area contributed by atoms with Gasteiger partial charge in [-0.2, -0.15) is 0 Å². The first-order valence-electron chi connectivity index (χ1n) is 13.0. The number of phenolic OH excluding ortho intramolecular Hbond substituents is 1. The van der Waals surface area contributed by atoms with Gasteiger partial charge in [0.2, 0.25) is 0 Å². The van der Waals surface area contributed by atoms with Crippen LogP contribution in [0.15, 0.2) is 59.0 Å². The lowest BCUT2D eigenvalue weighted by Gasteiger charge is -2.50. The number of aryl methyl sites for hydroxylation is 1. The Morgan fingerprint density at radius 2 is 1.83 bits per heavy atom. The zero-order valence-corrected chi connectivity index (χ0v) is 20.3. The molecule has 5 heteroatoms. The van der Waals surface area contributed by atoms with E-state index < -0.39 is 18.0 Å². The molecule has 6 atom stereocenters. The molecule has 3 N–H and O–H groups in total. The van der Waals surface area contributed by atoms with Gasteiger partial charge in [0.15, 0.2) is 0 Å². The largest absolute Gasteiger partial charge is 0.507 e. The van der Waals surface area contributed by atoms with Crippen LogP contribution >= 0.6 is 0 Å². The van der Waals surface area contributed by atoms with Crippen molar-refractivity contribution in [1.82, 2.24) is 0 Å². The van der Waals surface area contributed by atoms with E-state index in [0.29, 0.717) is 18.3 Å². The fourth-order valence-electron chi connectivity index (χ4n) is 8.04. The minimum atomic E-state index is -0.878. The highest BCUT2D eigenvalue weighted by Crippen LogP contribution is 2.62. The van der Waals surface area contributed by atoms with Gasteiger partial charge in [0.1, 0.15) is 16.9 Å². The molecule has 0 spiro atoms. The summed E-state index contributed by atoms with van der Waals surface area (Å²) in [4.78, 5) is 11.9. The zero-order valence-electron chi connectivity index (χ0n) is 20.3. The zero-order chi connectivity index (χ0) is 24.8. The first kappa shape index (κ1) is 21.9. The van der Waals surface area contributed by atoms with Gasteiger partial charge in [-0.1, -0.05) is 43.3 Å². The standard InChI is InChI=1S/C31H30O5/c1-31-12-11-17-18(25(31)15-24(29(31)33)30(34)35)10-9-16-13-26(32)23(14-22(16)17)21-7-4-6-20-19-5-2-3-8-27(19)36-28(20)21/h2-8,13-14,17-18,24-25,29,32-33H,9-12,15H2,1H3,(H,34,35)/t17-,18+,24?,25-,29?,31-/m0/s1. The summed E-state index contributed by atoms with van der Waals surface area (Å²) >= 11 is 0. The Bertz CT molecular complexity index is 1530. The summed E-state index contributed by atoms with van der Waals surface area (Å²) in [5, 5.41) is 33.9. The van der Waals surface area contributed by atoms with Crippen molar-refractivity contribution in [3.8, 4) is 16.9 Å². The van der Waals surface area contributed by atoms with Gasteiger partial charge in [0, 0.05) is 21.9 Å². The van der Waals surface area contributed by atoms with Crippen LogP contribution in [-0.4, -0.2) is 27.4 Å². The topological polar surface area (TPSA) is 90.9 Å². The third-order valence-corrected chi connectivity index (χ3v) is 9.86. The molecule has 5 nitrogen and oxygen atoms in total. The fourth-order valence-corrected chi connectivity index (χ4v) is 8.04. The Labute approximate surface area is 209 Å². The number of carbonyl (C=O) groups is 1. The maximum absolute atomic E-state index is 11.9. The first-order valence-corrected chi connectivity index (χ1v) is 13.0. The molecule has 0 saturated heterocycles. The fraction of sp³-hybridized carbons (Fsp3) is 0.387. The third-order valence-electron chi connectivity index (χ3n) is 9.86. The molecule has 0 amide bonds. The number of furan rings is 1. The number of aliphatic carboxylic acids is 1. The summed E-state index contributed by atoms with van der Waals surface area (Å²) in [5.41, 5.74) is 5.38. The molecule has 0 aliphatic heterocycles. The number of benzene rings is 3. The van der Waals surface area contributed by atoms with E-state index in [2.05, 4.69) is 25.1 Å². The molecule has 0 radical (unpaired) electrons. The number of hydrogen-bond donors (Lipinski definition) is 3. The van der Waals surface area contributed by atoms with Crippen LogP contribution in [0, 0.1) is 23.2 Å². The lowest BCUT2D eigenvalue weighted by atomic mass is 9.55. The van der Waals surface area contributed by atoms with Gasteiger partial charge in [-0.25, -0.2) is 0 Å². The first-order chi connectivity index (χ1) is 17.4. The average molecular weight is 483 g/mol. The van der Waals surface area contributed by atoms with Crippen LogP contribution in [0.3, 0.4) is 0 Å². The molecule has 1 aromatic heterocycles. The molecule has 3 aromatic carbocycles. The van der Waals surface area contributed by atoms with Gasteiger partial charge in [-0.3, -0.25) is 4.79 Å². The van der Waals surface area contributed by atoms with Crippen molar-refractivity contribution in [2.45, 2.75) is 51.0 Å². The number of para-hydroxylation sites is 2. The molecule has 2 saturated carbocycles. The number of phenols is 1. The second-order valence-electron chi connectivity index (χ2n) is 11.4. The number of fused-ring (bicyclic) bond motifs is 8. The van der Waals surface area contributed by atoms with Crippen LogP contribution in [0.5, 0.6) is 5.75 Å². The van der Waals surface area contributed by atoms with E-state index in [9.17, 15) is 20.1 Å². The number of carboxylic acids is 1. The summed E-state index contributed by atoms with van der Waals surface area (Å²) in [6, 6.07) is 18.2. The maximum Gasteiger partial charge on any atom is 0.309 e. The predicted molar refractivity (Wildman–Crippen MR) is 138 cm³/mol. The van der Waals surface area contributed by atoms with Crippen molar-refractivity contribution in [3.05, 3.63) is 65.7 Å². The Kier molecular flexibility index (Phi) is 4.63. The van der Waals surface area contributed by atoms with Crippen molar-refractivity contribution < 1.29 is 24.5 Å². The van der Waals surface area contributed by atoms with Gasteiger partial charge in [0.25, 0.3) is 0 Å². The molecule has 2 unspecified atom stereocenters. The van der Waals surface area contributed by atoms with Gasteiger partial charge >= 0.3 is 5.97 Å². The molecular formula is C31H30O5. The molecule has 3 aliphatic carbocycles. The molecule has 4 aromatic rings. The quantitative estimate of drug-likeness (QED) is 0.304. The third kappa shape index (κ3) is 2.89. The van der Waals surface area contributed by atoms with Crippen LogP contribution < -0.4 is 0 Å². The number of hydrogen-bond acceptors (Lipinski definition) is 4. The summed E-state index contributed by atoms with van der Waals surface area (Å²) in [5.74, 6) is -0.451. The molecule has 3 aliphatic rings. The Balaban J connectivity index is 1.33. The summed E-state index contributed by atoms with van der Waals surface area (Å²) in [7, 11) is 0. The minimum absolute atomic E-state index is 0.191. The molecule has 184 valence electrons. The van der Waals surface area contributed by atoms with E-state index in [1.807, 2.05) is 36.4 Å². The molecule has 0 bridgehead atoms. The monoisotopic (exact) mass is 482 g/mol. The lowest BCUT2D eigenvalue weighted by Crippen LogP contribution is -2.44. The SMILES string of the molecule is C[C@]12CC[C@@H]3c4cc(-c5cccc6c5oc5ccccc56)c(O)cc4CC[C@H]3[C@@H]1CC(C(=O)O)C2O. The Hall–Kier alpha value is -3.31. The van der Waals surface area contributed by atoms with Gasteiger partial charge in [-0.05, 0) is 84.6 Å². The number of aliphatic hydroxyl groups excluding tert-OH is 1. The highest BCUT2D eigenvalue weighted by atomic mass is 16.4. The van der Waals surface area contributed by atoms with Gasteiger partial charge in [0.05, 0.1) is 12.0 Å². The van der Waals surface area contributed by atoms with E-state index in [4.69, 9.17) is 4.42 Å². The normalized spacial score (nSPS) is 31.2. The van der Waals surface area contributed by atoms with Crippen LogP contribution in [0.2, 0.25) is 0 Å². The predicted octanol–water partition coefficient (Wildman–Crippen LogP) is 6.49. The number of aliphatic hydroxyl groups is 1. The maximum atomic E-state index is 11.9. The number of aromatic hydroxyl groups is 1. The van der Waals surface area contributed by atoms with Crippen LogP contribution in [-0.2, 0) is 11.2 Å². The van der Waals surface area contributed by atoms with E-state index in [1.54, 1.807) is 0 Å². The van der Waals surface area contributed by atoms with Crippen molar-refractivity contribution in [1.29, 1.82) is 0 Å². The van der Waals surface area contributed by atoms with E-state index in [0.717, 1.165) is 58.7 Å². The molecule has 1 heterocycles. The van der Waals surface area contributed by atoms with Gasteiger partial charge in [-0.15, -0.1) is 0 Å². The smallest absolute Gasteiger partial charge is 0.309 e. The lowest BCUT2D eigenvalue weighted by molar-refractivity contribution is -0.146. The van der Waals surface area contributed by atoms with Crippen LogP contribution in [0.4, 0.5) is 0 Å². The van der Waals surface area contributed by atoms with E-state index >= 15 is 0 Å². The second-order valence-corrected chi connectivity index (χ2v) is 11.4. The summed E-state index contributed by atoms with van der Waals surface area (Å²) in [6.07, 6.45) is 3.33. The summed E-state index contributed by atoms with van der Waals surface area (Å²) in [6.45, 7) is 2.10. The average Bonchev–Trinajstić information content (AvgIpc) is 3.38. The highest BCUT2D eigenvalue weighted by molar-refractivity contribution is 6.09. The molecule has 2 fully saturated rings. The highest BCUT2D eigenvalue weighted by Gasteiger charge is 2.59. The van der Waals surface area contributed by atoms with Crippen LogP contribution in [0.25, 0.3) is 33.1 Å². The number of rotatable bonds is 2. The van der Waals surface area contributed by atoms with E-state index in [1.165, 1.54) is 11.1 Å². The second kappa shape index (κ2) is 7.59. The van der Waals surface area contributed by atoms with Crippen LogP contribution in [0.1, 0.15) is 49.7 Å². The minimum Gasteiger partial charge on any atom is -0.507 e. The van der Waals surface area contributed by atoms with Crippen molar-refractivity contribution in [2.75, 3.05) is 0 Å². The molecule has 36 heavy (non-hydrogen) atoms.